The standard InChI is InChI=1S/C18H20N2O3/c1-12-5-8-15(9-6-12)18(19)20-23-17(21)11-22-16-10-13(2)4-7-14(16)3/h4-10H,11H2,1-3H3,(H2,19,20). The van der Waals surface area contributed by atoms with Crippen molar-refractivity contribution in [1.29, 1.82) is 0 Å². The molecule has 0 amide bonds. The van der Waals surface area contributed by atoms with Gasteiger partial charge in [-0.25, -0.2) is 4.79 Å². The fourth-order valence-corrected chi connectivity index (χ4v) is 1.90. The Morgan fingerprint density at radius 3 is 2.39 bits per heavy atom. The van der Waals surface area contributed by atoms with Crippen LogP contribution in [0.1, 0.15) is 22.3 Å². The average molecular weight is 312 g/mol. The normalized spacial score (nSPS) is 11.2. The number of hydrogen-bond acceptors (Lipinski definition) is 4. The topological polar surface area (TPSA) is 73.9 Å². The Morgan fingerprint density at radius 1 is 1.04 bits per heavy atom. The summed E-state index contributed by atoms with van der Waals surface area (Å²) < 4.78 is 5.45. The van der Waals surface area contributed by atoms with Gasteiger partial charge in [0.1, 0.15) is 5.75 Å². The predicted octanol–water partition coefficient (Wildman–Crippen LogP) is 2.85. The summed E-state index contributed by atoms with van der Waals surface area (Å²) in [5.41, 5.74) is 9.59. The number of benzene rings is 2. The molecule has 0 heterocycles. The van der Waals surface area contributed by atoms with Crippen LogP contribution in [0.25, 0.3) is 0 Å². The maximum atomic E-state index is 11.7. The lowest BCUT2D eigenvalue weighted by Crippen LogP contribution is -2.18. The van der Waals surface area contributed by atoms with Gasteiger partial charge in [-0.15, -0.1) is 0 Å². The molecule has 0 unspecified atom stereocenters. The summed E-state index contributed by atoms with van der Waals surface area (Å²) in [6.07, 6.45) is 0. The second-order valence-corrected chi connectivity index (χ2v) is 5.36. The Labute approximate surface area is 135 Å². The molecule has 5 nitrogen and oxygen atoms in total. The molecule has 120 valence electrons. The van der Waals surface area contributed by atoms with E-state index in [0.717, 1.165) is 16.7 Å². The van der Waals surface area contributed by atoms with Gasteiger partial charge in [0.05, 0.1) is 0 Å². The fourth-order valence-electron chi connectivity index (χ4n) is 1.90. The first-order valence-corrected chi connectivity index (χ1v) is 7.26. The zero-order valence-corrected chi connectivity index (χ0v) is 13.5. The van der Waals surface area contributed by atoms with Gasteiger partial charge < -0.3 is 15.3 Å². The third-order valence-electron chi connectivity index (χ3n) is 3.28. The molecule has 0 fully saturated rings. The second-order valence-electron chi connectivity index (χ2n) is 5.36. The summed E-state index contributed by atoms with van der Waals surface area (Å²) in [5.74, 6) is 0.184. The molecule has 0 aliphatic carbocycles. The van der Waals surface area contributed by atoms with E-state index < -0.39 is 5.97 Å². The van der Waals surface area contributed by atoms with E-state index in [1.165, 1.54) is 0 Å². The maximum Gasteiger partial charge on any atom is 0.372 e. The molecule has 0 spiro atoms. The number of nitrogens with zero attached hydrogens (tertiary/aromatic N) is 1. The molecule has 0 aliphatic rings. The van der Waals surface area contributed by atoms with Gasteiger partial charge in [0.2, 0.25) is 0 Å². The van der Waals surface area contributed by atoms with E-state index in [4.69, 9.17) is 15.3 Å². The number of carbonyl (C=O) groups is 1. The highest BCUT2D eigenvalue weighted by Crippen LogP contribution is 2.18. The lowest BCUT2D eigenvalue weighted by molar-refractivity contribution is -0.146. The second kappa shape index (κ2) is 7.45. The van der Waals surface area contributed by atoms with Gasteiger partial charge in [-0.05, 0) is 38.0 Å². The molecular formula is C18H20N2O3. The van der Waals surface area contributed by atoms with Crippen molar-refractivity contribution in [3.8, 4) is 5.75 Å². The smallest absolute Gasteiger partial charge is 0.372 e. The first-order chi connectivity index (χ1) is 11.0. The number of nitrogens with two attached hydrogens (primary N) is 1. The van der Waals surface area contributed by atoms with Crippen LogP contribution in [0.3, 0.4) is 0 Å². The van der Waals surface area contributed by atoms with E-state index in [1.54, 1.807) is 0 Å². The van der Waals surface area contributed by atoms with E-state index >= 15 is 0 Å². The Hall–Kier alpha value is -2.82. The average Bonchev–Trinajstić information content (AvgIpc) is 2.54. The van der Waals surface area contributed by atoms with Gasteiger partial charge in [0, 0.05) is 5.56 Å². The summed E-state index contributed by atoms with van der Waals surface area (Å²) >= 11 is 0. The van der Waals surface area contributed by atoms with Crippen molar-refractivity contribution < 1.29 is 14.4 Å². The third kappa shape index (κ3) is 4.85. The monoisotopic (exact) mass is 312 g/mol. The van der Waals surface area contributed by atoms with E-state index in [1.807, 2.05) is 63.2 Å². The quantitative estimate of drug-likeness (QED) is 0.399. The minimum Gasteiger partial charge on any atom is -0.482 e. The van der Waals surface area contributed by atoms with Gasteiger partial charge in [-0.3, -0.25) is 0 Å². The molecule has 2 aromatic rings. The SMILES string of the molecule is Cc1ccc(/C(N)=N/OC(=O)COc2cc(C)ccc2C)cc1. The van der Waals surface area contributed by atoms with Gasteiger partial charge in [-0.1, -0.05) is 47.1 Å². The van der Waals surface area contributed by atoms with Gasteiger partial charge >= 0.3 is 5.97 Å². The van der Waals surface area contributed by atoms with Crippen LogP contribution in [-0.2, 0) is 9.63 Å². The maximum absolute atomic E-state index is 11.7. The molecule has 0 aliphatic heterocycles. The van der Waals surface area contributed by atoms with E-state index in [2.05, 4.69) is 5.16 Å². The lowest BCUT2D eigenvalue weighted by atomic mass is 10.1. The molecule has 2 rings (SSSR count). The highest BCUT2D eigenvalue weighted by atomic mass is 16.7. The molecule has 0 saturated heterocycles. The van der Waals surface area contributed by atoms with Crippen LogP contribution in [0.5, 0.6) is 5.75 Å². The van der Waals surface area contributed by atoms with E-state index in [0.29, 0.717) is 11.3 Å². The van der Waals surface area contributed by atoms with E-state index in [-0.39, 0.29) is 12.4 Å². The predicted molar refractivity (Wildman–Crippen MR) is 89.4 cm³/mol. The van der Waals surface area contributed by atoms with Crippen molar-refractivity contribution in [1.82, 2.24) is 0 Å². The molecule has 2 N–H and O–H groups in total. The van der Waals surface area contributed by atoms with Crippen LogP contribution in [-0.4, -0.2) is 18.4 Å². The number of amidine groups is 1. The summed E-state index contributed by atoms with van der Waals surface area (Å²) in [5, 5.41) is 3.64. The van der Waals surface area contributed by atoms with Crippen LogP contribution in [0, 0.1) is 20.8 Å². The molecule has 0 atom stereocenters. The molecule has 5 heteroatoms. The Kier molecular flexibility index (Phi) is 5.36. The number of hydrogen-bond donors (Lipinski definition) is 1. The molecule has 0 aromatic heterocycles. The summed E-state index contributed by atoms with van der Waals surface area (Å²) in [6.45, 7) is 5.61. The van der Waals surface area contributed by atoms with Crippen LogP contribution >= 0.6 is 0 Å². The van der Waals surface area contributed by atoms with Crippen LogP contribution in [0.2, 0.25) is 0 Å². The first kappa shape index (κ1) is 16.5. The van der Waals surface area contributed by atoms with Crippen LogP contribution < -0.4 is 10.5 Å². The largest absolute Gasteiger partial charge is 0.482 e. The molecule has 0 saturated carbocycles. The van der Waals surface area contributed by atoms with Crippen molar-refractivity contribution in [2.75, 3.05) is 6.61 Å². The molecule has 0 bridgehead atoms. The Balaban J connectivity index is 1.90. The summed E-state index contributed by atoms with van der Waals surface area (Å²) in [6, 6.07) is 13.2. The molecule has 0 radical (unpaired) electrons. The number of ether oxygens (including phenoxy) is 1. The summed E-state index contributed by atoms with van der Waals surface area (Å²) in [7, 11) is 0. The zero-order valence-electron chi connectivity index (χ0n) is 13.5. The number of oxime groups is 1. The molecule has 23 heavy (non-hydrogen) atoms. The van der Waals surface area contributed by atoms with Gasteiger partial charge in [0.15, 0.2) is 12.4 Å². The first-order valence-electron chi connectivity index (χ1n) is 7.26. The van der Waals surface area contributed by atoms with Crippen molar-refractivity contribution in [3.05, 3.63) is 64.7 Å². The number of rotatable bonds is 5. The van der Waals surface area contributed by atoms with E-state index in [9.17, 15) is 4.79 Å². The van der Waals surface area contributed by atoms with Crippen molar-refractivity contribution in [3.63, 3.8) is 0 Å². The summed E-state index contributed by atoms with van der Waals surface area (Å²) in [4.78, 5) is 16.5. The Bertz CT molecular complexity index is 722. The highest BCUT2D eigenvalue weighted by Gasteiger charge is 2.07. The van der Waals surface area contributed by atoms with Gasteiger partial charge in [-0.2, -0.15) is 0 Å². The van der Waals surface area contributed by atoms with Crippen LogP contribution in [0.15, 0.2) is 47.6 Å². The van der Waals surface area contributed by atoms with Crippen molar-refractivity contribution in [2.24, 2.45) is 10.9 Å². The minimum absolute atomic E-state index is 0.144. The third-order valence-corrected chi connectivity index (χ3v) is 3.28. The highest BCUT2D eigenvalue weighted by molar-refractivity contribution is 5.97. The molecule has 2 aromatic carbocycles. The van der Waals surface area contributed by atoms with Crippen molar-refractivity contribution in [2.45, 2.75) is 20.8 Å². The lowest BCUT2D eigenvalue weighted by Gasteiger charge is -2.08. The van der Waals surface area contributed by atoms with Crippen LogP contribution in [0.4, 0.5) is 0 Å². The Morgan fingerprint density at radius 2 is 1.70 bits per heavy atom. The zero-order chi connectivity index (χ0) is 16.8. The minimum atomic E-state index is -0.610. The van der Waals surface area contributed by atoms with Gasteiger partial charge in [0.25, 0.3) is 0 Å². The number of carbonyl (C=O) groups excluding carboxylic acids is 1. The molecular weight excluding hydrogens is 292 g/mol. The fraction of sp³-hybridized carbons (Fsp3) is 0.222. The number of aryl methyl sites for hydroxylation is 3. The van der Waals surface area contributed by atoms with Crippen molar-refractivity contribution >= 4 is 11.8 Å².